The van der Waals surface area contributed by atoms with Crippen molar-refractivity contribution in [3.63, 3.8) is 0 Å². The molecule has 0 heterocycles. The first-order valence-corrected chi connectivity index (χ1v) is 7.47. The van der Waals surface area contributed by atoms with E-state index in [1.165, 1.54) is 31.4 Å². The molecule has 0 radical (unpaired) electrons. The molecule has 0 atom stereocenters. The third kappa shape index (κ3) is 6.36. The molecule has 25 heavy (non-hydrogen) atoms. The molecule has 1 aromatic carbocycles. The van der Waals surface area contributed by atoms with Gasteiger partial charge in [-0.1, -0.05) is 17.7 Å². The summed E-state index contributed by atoms with van der Waals surface area (Å²) >= 11 is 0. The summed E-state index contributed by atoms with van der Waals surface area (Å²) in [6.45, 7) is 7.33. The highest BCUT2D eigenvalue weighted by atomic mass is 16.6. The van der Waals surface area contributed by atoms with Crippen LogP contribution in [0.1, 0.15) is 19.4 Å². The van der Waals surface area contributed by atoms with E-state index in [-0.39, 0.29) is 17.9 Å². The summed E-state index contributed by atoms with van der Waals surface area (Å²) in [5.74, 6) is -0.451. The van der Waals surface area contributed by atoms with Gasteiger partial charge in [-0.2, -0.15) is 5.26 Å². The van der Waals surface area contributed by atoms with Gasteiger partial charge in [0.05, 0.1) is 7.11 Å². The van der Waals surface area contributed by atoms with Gasteiger partial charge >= 0.3 is 5.97 Å². The van der Waals surface area contributed by atoms with E-state index in [1.54, 1.807) is 26.0 Å². The first-order valence-electron chi connectivity index (χ1n) is 7.47. The highest BCUT2D eigenvalue weighted by Crippen LogP contribution is 2.29. The molecule has 6 nitrogen and oxygen atoms in total. The van der Waals surface area contributed by atoms with Crippen LogP contribution in [0.5, 0.6) is 11.5 Å². The molecule has 0 spiro atoms. The molecule has 0 bridgehead atoms. The number of carbonyl (C=O) groups excluding carboxylic acids is 2. The van der Waals surface area contributed by atoms with E-state index in [9.17, 15) is 9.59 Å². The Hall–Kier alpha value is -3.33. The second-order valence-corrected chi connectivity index (χ2v) is 5.22. The molecule has 1 rings (SSSR count). The standard InChI is InChI=1S/C19H20N2O4/c1-5-8-21-19(23)15(12-20)10-14-6-7-16(17(11-14)24-4)25-18(22)9-13(2)3/h5-7,9-11H,1,8H2,2-4H3,(H,21,23)/b15-10+. The van der Waals surface area contributed by atoms with Gasteiger partial charge in [0.25, 0.3) is 5.91 Å². The monoisotopic (exact) mass is 340 g/mol. The Morgan fingerprint density at radius 2 is 2.04 bits per heavy atom. The Kier molecular flexibility index (Phi) is 7.67. The molecule has 0 aromatic heterocycles. The fraction of sp³-hybridized carbons (Fsp3) is 0.211. The molecule has 130 valence electrons. The number of benzene rings is 1. The maximum atomic E-state index is 11.9. The number of hydrogen-bond acceptors (Lipinski definition) is 5. The lowest BCUT2D eigenvalue weighted by atomic mass is 10.1. The van der Waals surface area contributed by atoms with Gasteiger partial charge in [0, 0.05) is 12.6 Å². The number of rotatable bonds is 7. The molecular weight excluding hydrogens is 320 g/mol. The normalized spacial score (nSPS) is 10.2. The van der Waals surface area contributed by atoms with Gasteiger partial charge in [0.1, 0.15) is 11.6 Å². The molecule has 0 unspecified atom stereocenters. The van der Waals surface area contributed by atoms with E-state index < -0.39 is 11.9 Å². The van der Waals surface area contributed by atoms with Crippen molar-refractivity contribution in [3.05, 3.63) is 53.6 Å². The summed E-state index contributed by atoms with van der Waals surface area (Å²) in [7, 11) is 1.43. The predicted octanol–water partition coefficient (Wildman–Crippen LogP) is 2.78. The highest BCUT2D eigenvalue weighted by molar-refractivity contribution is 6.01. The lowest BCUT2D eigenvalue weighted by Crippen LogP contribution is -2.24. The van der Waals surface area contributed by atoms with Gasteiger partial charge in [-0.25, -0.2) is 4.79 Å². The average Bonchev–Trinajstić information content (AvgIpc) is 2.57. The maximum Gasteiger partial charge on any atom is 0.336 e. The van der Waals surface area contributed by atoms with Gasteiger partial charge in [-0.05, 0) is 37.6 Å². The van der Waals surface area contributed by atoms with Crippen LogP contribution >= 0.6 is 0 Å². The summed E-state index contributed by atoms with van der Waals surface area (Å²) in [5, 5.41) is 11.7. The molecule has 1 aromatic rings. The van der Waals surface area contributed by atoms with Crippen LogP contribution in [-0.2, 0) is 9.59 Å². The van der Waals surface area contributed by atoms with Crippen molar-refractivity contribution >= 4 is 18.0 Å². The lowest BCUT2D eigenvalue weighted by molar-refractivity contribution is -0.129. The van der Waals surface area contributed by atoms with Crippen LogP contribution in [0.25, 0.3) is 6.08 Å². The Morgan fingerprint density at radius 1 is 1.32 bits per heavy atom. The average molecular weight is 340 g/mol. The van der Waals surface area contributed by atoms with Gasteiger partial charge in [-0.3, -0.25) is 4.79 Å². The zero-order valence-electron chi connectivity index (χ0n) is 14.5. The molecule has 0 aliphatic carbocycles. The van der Waals surface area contributed by atoms with E-state index >= 15 is 0 Å². The zero-order valence-corrected chi connectivity index (χ0v) is 14.5. The number of amides is 1. The van der Waals surface area contributed by atoms with Gasteiger partial charge in [0.15, 0.2) is 11.5 Å². The van der Waals surface area contributed by atoms with Crippen LogP contribution in [0.3, 0.4) is 0 Å². The van der Waals surface area contributed by atoms with Crippen LogP contribution in [0.2, 0.25) is 0 Å². The molecule has 1 N–H and O–H groups in total. The van der Waals surface area contributed by atoms with Crippen LogP contribution in [-0.4, -0.2) is 25.5 Å². The quantitative estimate of drug-likeness (QED) is 0.271. The minimum absolute atomic E-state index is 0.0572. The number of methoxy groups -OCH3 is 1. The van der Waals surface area contributed by atoms with Crippen molar-refractivity contribution in [1.82, 2.24) is 5.32 Å². The van der Waals surface area contributed by atoms with Crippen molar-refractivity contribution in [3.8, 4) is 17.6 Å². The Balaban J connectivity index is 3.07. The first kappa shape index (κ1) is 19.7. The highest BCUT2D eigenvalue weighted by Gasteiger charge is 2.11. The third-order valence-electron chi connectivity index (χ3n) is 2.89. The zero-order chi connectivity index (χ0) is 18.8. The van der Waals surface area contributed by atoms with E-state index in [0.29, 0.717) is 11.3 Å². The van der Waals surface area contributed by atoms with E-state index in [0.717, 1.165) is 5.57 Å². The largest absolute Gasteiger partial charge is 0.493 e. The molecule has 1 amide bonds. The first-order chi connectivity index (χ1) is 11.9. The Bertz CT molecular complexity index is 766. The van der Waals surface area contributed by atoms with Crippen molar-refractivity contribution < 1.29 is 19.1 Å². The lowest BCUT2D eigenvalue weighted by Gasteiger charge is -2.09. The number of nitriles is 1. The van der Waals surface area contributed by atoms with Gasteiger partial charge in [-0.15, -0.1) is 6.58 Å². The summed E-state index contributed by atoms with van der Waals surface area (Å²) in [6.07, 6.45) is 4.30. The maximum absolute atomic E-state index is 11.9. The van der Waals surface area contributed by atoms with Crippen LogP contribution < -0.4 is 14.8 Å². The molecule has 0 saturated heterocycles. The SMILES string of the molecule is C=CCNC(=O)/C(C#N)=C/c1ccc(OC(=O)C=C(C)C)c(OC)c1. The molecule has 6 heteroatoms. The minimum Gasteiger partial charge on any atom is -0.493 e. The number of carbonyl (C=O) groups is 2. The fourth-order valence-electron chi connectivity index (χ4n) is 1.81. The van der Waals surface area contributed by atoms with Crippen molar-refractivity contribution in [2.24, 2.45) is 0 Å². The molecule has 0 aliphatic heterocycles. The van der Waals surface area contributed by atoms with E-state index in [1.807, 2.05) is 6.07 Å². The van der Waals surface area contributed by atoms with Crippen molar-refractivity contribution in [1.29, 1.82) is 5.26 Å². The van der Waals surface area contributed by atoms with Crippen molar-refractivity contribution in [2.75, 3.05) is 13.7 Å². The number of esters is 1. The number of hydrogen-bond donors (Lipinski definition) is 1. The molecule has 0 aliphatic rings. The topological polar surface area (TPSA) is 88.4 Å². The summed E-state index contributed by atoms with van der Waals surface area (Å²) in [6, 6.07) is 6.58. The van der Waals surface area contributed by atoms with Crippen molar-refractivity contribution in [2.45, 2.75) is 13.8 Å². The fourth-order valence-corrected chi connectivity index (χ4v) is 1.81. The predicted molar refractivity (Wildman–Crippen MR) is 94.9 cm³/mol. The minimum atomic E-state index is -0.511. The van der Waals surface area contributed by atoms with Crippen LogP contribution in [0.4, 0.5) is 0 Å². The molecule has 0 saturated carbocycles. The second-order valence-electron chi connectivity index (χ2n) is 5.22. The Morgan fingerprint density at radius 3 is 2.60 bits per heavy atom. The molecular formula is C19H20N2O4. The van der Waals surface area contributed by atoms with Crippen LogP contribution in [0.15, 0.2) is 48.1 Å². The third-order valence-corrected chi connectivity index (χ3v) is 2.89. The number of allylic oxidation sites excluding steroid dienone is 1. The number of nitrogens with one attached hydrogen (secondary N) is 1. The summed E-state index contributed by atoms with van der Waals surface area (Å²) in [4.78, 5) is 23.6. The molecule has 0 fully saturated rings. The summed E-state index contributed by atoms with van der Waals surface area (Å²) < 4.78 is 10.4. The number of ether oxygens (including phenoxy) is 2. The van der Waals surface area contributed by atoms with Gasteiger partial charge in [0.2, 0.25) is 0 Å². The second kappa shape index (κ2) is 9.73. The Labute approximate surface area is 147 Å². The van der Waals surface area contributed by atoms with E-state index in [4.69, 9.17) is 14.7 Å². The van der Waals surface area contributed by atoms with Gasteiger partial charge < -0.3 is 14.8 Å². The van der Waals surface area contributed by atoms with Crippen LogP contribution in [0, 0.1) is 11.3 Å². The smallest absolute Gasteiger partial charge is 0.336 e. The van der Waals surface area contributed by atoms with E-state index in [2.05, 4.69) is 11.9 Å². The summed E-state index contributed by atoms with van der Waals surface area (Å²) in [5.41, 5.74) is 1.31. The number of nitrogens with zero attached hydrogens (tertiary/aromatic N) is 1.